The third-order valence-corrected chi connectivity index (χ3v) is 8.62. The van der Waals surface area contributed by atoms with Gasteiger partial charge < -0.3 is 34.3 Å². The number of ether oxygens (including phenoxy) is 4. The molecule has 0 radical (unpaired) electrons. The molecule has 0 aromatic rings. The van der Waals surface area contributed by atoms with E-state index >= 15 is 0 Å². The lowest BCUT2D eigenvalue weighted by Gasteiger charge is -2.65. The van der Waals surface area contributed by atoms with E-state index in [1.54, 1.807) is 6.92 Å². The fourth-order valence-electron chi connectivity index (χ4n) is 7.49. The first-order valence-corrected chi connectivity index (χ1v) is 11.0. The largest absolute Gasteiger partial charge is 0.504 e. The van der Waals surface area contributed by atoms with Crippen molar-refractivity contribution in [2.45, 2.75) is 57.2 Å². The number of aliphatic hydroxyl groups excluding tert-OH is 3. The molecule has 0 unspecified atom stereocenters. The first-order valence-electron chi connectivity index (χ1n) is 11.0. The van der Waals surface area contributed by atoms with Crippen LogP contribution in [0.4, 0.5) is 0 Å². The molecule has 184 valence electrons. The Morgan fingerprint density at radius 1 is 1.21 bits per heavy atom. The Hall–Kier alpha value is -2.76. The summed E-state index contributed by atoms with van der Waals surface area (Å²) in [6, 6.07) is 0. The van der Waals surface area contributed by atoms with Crippen molar-refractivity contribution in [1.82, 2.24) is 0 Å². The monoisotopic (exact) mass is 478 g/mol. The van der Waals surface area contributed by atoms with Gasteiger partial charge in [0.2, 0.25) is 17.5 Å². The summed E-state index contributed by atoms with van der Waals surface area (Å²) in [7, 11) is 1.08. The second-order valence-electron chi connectivity index (χ2n) is 9.98. The predicted molar refractivity (Wildman–Crippen MR) is 109 cm³/mol. The van der Waals surface area contributed by atoms with Gasteiger partial charge in [-0.1, -0.05) is 6.92 Å². The Balaban J connectivity index is 1.81. The Morgan fingerprint density at radius 3 is 2.50 bits per heavy atom. The summed E-state index contributed by atoms with van der Waals surface area (Å²) in [4.78, 5) is 50.7. The van der Waals surface area contributed by atoms with Crippen LogP contribution in [0, 0.1) is 22.7 Å². The van der Waals surface area contributed by atoms with Crippen molar-refractivity contribution in [3.63, 3.8) is 0 Å². The molecule has 4 fully saturated rings. The second kappa shape index (κ2) is 6.89. The first-order chi connectivity index (χ1) is 15.9. The van der Waals surface area contributed by atoms with Crippen LogP contribution in [-0.4, -0.2) is 82.7 Å². The Labute approximate surface area is 194 Å². The number of hydrogen-bond donors (Lipinski definition) is 3. The highest BCUT2D eigenvalue weighted by molar-refractivity contribution is 6.08. The van der Waals surface area contributed by atoms with Gasteiger partial charge in [0.05, 0.1) is 25.7 Å². The van der Waals surface area contributed by atoms with Crippen molar-refractivity contribution >= 4 is 23.7 Å². The lowest BCUT2D eigenvalue weighted by atomic mass is 9.40. The zero-order valence-corrected chi connectivity index (χ0v) is 19.1. The minimum atomic E-state index is -2.20. The predicted octanol–water partition coefficient (Wildman–Crippen LogP) is -0.509. The number of carbonyl (C=O) groups excluding carboxylic acids is 4. The minimum Gasteiger partial charge on any atom is -0.504 e. The average molecular weight is 478 g/mol. The van der Waals surface area contributed by atoms with Crippen LogP contribution in [0.15, 0.2) is 23.0 Å². The van der Waals surface area contributed by atoms with E-state index in [2.05, 4.69) is 0 Å². The topological polar surface area (TPSA) is 166 Å². The zero-order chi connectivity index (χ0) is 25.0. The molecule has 11 nitrogen and oxygen atoms in total. The third-order valence-electron chi connectivity index (χ3n) is 8.62. The van der Waals surface area contributed by atoms with Gasteiger partial charge in [0.15, 0.2) is 5.76 Å². The number of rotatable bonds is 2. The lowest BCUT2D eigenvalue weighted by molar-refractivity contribution is -0.272. The Kier molecular flexibility index (Phi) is 4.66. The summed E-state index contributed by atoms with van der Waals surface area (Å²) in [6.45, 7) is 4.11. The SMILES string of the molecule is COC(=O)[C@@]12OC[C@]34[C@@H]([C@@H](O)[C@@H]1O)[C@@]1(C)C=C(O)C(=O)C(C)=C1C[C@H]3OC(=O)[C@H](OC(C)=O)[C@@H]24. The molecule has 5 rings (SSSR count). The van der Waals surface area contributed by atoms with E-state index in [1.165, 1.54) is 13.0 Å². The molecular weight excluding hydrogens is 452 g/mol. The maximum atomic E-state index is 13.1. The van der Waals surface area contributed by atoms with Crippen molar-refractivity contribution in [3.8, 4) is 0 Å². The maximum absolute atomic E-state index is 13.1. The Morgan fingerprint density at radius 2 is 1.88 bits per heavy atom. The van der Waals surface area contributed by atoms with E-state index in [0.29, 0.717) is 5.57 Å². The normalized spacial score (nSPS) is 46.7. The zero-order valence-electron chi connectivity index (χ0n) is 19.1. The van der Waals surface area contributed by atoms with Crippen LogP contribution in [0.5, 0.6) is 0 Å². The van der Waals surface area contributed by atoms with E-state index < -0.39 is 82.1 Å². The van der Waals surface area contributed by atoms with Gasteiger partial charge in [-0.2, -0.15) is 0 Å². The highest BCUT2D eigenvalue weighted by Gasteiger charge is 2.84. The summed E-state index contributed by atoms with van der Waals surface area (Å²) >= 11 is 0. The molecule has 2 saturated carbocycles. The number of fused-ring (bicyclic) bond motifs is 2. The van der Waals surface area contributed by atoms with E-state index in [9.17, 15) is 34.5 Å². The number of methoxy groups -OCH3 is 1. The molecule has 2 saturated heterocycles. The first kappa shape index (κ1) is 23.0. The molecule has 5 aliphatic rings. The number of carbonyl (C=O) groups is 4. The number of ketones is 1. The number of Topliss-reactive ketones (excluding diaryl/α,β-unsaturated/α-hetero) is 1. The van der Waals surface area contributed by atoms with E-state index in [0.717, 1.165) is 14.0 Å². The van der Waals surface area contributed by atoms with Gasteiger partial charge in [-0.05, 0) is 18.6 Å². The Bertz CT molecular complexity index is 1090. The molecule has 2 aliphatic heterocycles. The van der Waals surface area contributed by atoms with Crippen molar-refractivity contribution in [2.24, 2.45) is 22.7 Å². The van der Waals surface area contributed by atoms with Gasteiger partial charge in [0.25, 0.3) is 0 Å². The summed E-state index contributed by atoms with van der Waals surface area (Å²) in [5.41, 5.74) is -3.89. The van der Waals surface area contributed by atoms with Crippen LogP contribution in [-0.2, 0) is 38.1 Å². The molecule has 3 aliphatic carbocycles. The molecule has 3 N–H and O–H groups in total. The fraction of sp³-hybridized carbons (Fsp3) is 0.652. The van der Waals surface area contributed by atoms with E-state index in [-0.39, 0.29) is 18.6 Å². The molecule has 0 aromatic carbocycles. The quantitative estimate of drug-likeness (QED) is 0.346. The molecule has 2 heterocycles. The number of hydrogen-bond acceptors (Lipinski definition) is 11. The van der Waals surface area contributed by atoms with Gasteiger partial charge in [-0.3, -0.25) is 9.59 Å². The van der Waals surface area contributed by atoms with Crippen LogP contribution >= 0.6 is 0 Å². The molecule has 34 heavy (non-hydrogen) atoms. The van der Waals surface area contributed by atoms with Crippen LogP contribution in [0.3, 0.4) is 0 Å². The van der Waals surface area contributed by atoms with E-state index in [4.69, 9.17) is 18.9 Å². The lowest BCUT2D eigenvalue weighted by Crippen LogP contribution is -2.78. The molecule has 11 heteroatoms. The summed E-state index contributed by atoms with van der Waals surface area (Å²) < 4.78 is 21.9. The van der Waals surface area contributed by atoms with Crippen molar-refractivity contribution in [2.75, 3.05) is 13.7 Å². The van der Waals surface area contributed by atoms with Crippen LogP contribution in [0.2, 0.25) is 0 Å². The van der Waals surface area contributed by atoms with Gasteiger partial charge >= 0.3 is 17.9 Å². The van der Waals surface area contributed by atoms with Crippen molar-refractivity contribution in [3.05, 3.63) is 23.0 Å². The summed E-state index contributed by atoms with van der Waals surface area (Å²) in [5, 5.41) is 33.3. The molecule has 0 aromatic heterocycles. The number of allylic oxidation sites excluding steroid dienone is 2. The molecule has 0 amide bonds. The number of esters is 3. The van der Waals surface area contributed by atoms with E-state index in [1.807, 2.05) is 0 Å². The molecule has 1 spiro atoms. The fourth-order valence-corrected chi connectivity index (χ4v) is 7.49. The maximum Gasteiger partial charge on any atom is 0.348 e. The summed E-state index contributed by atoms with van der Waals surface area (Å²) in [6.07, 6.45) is -4.67. The van der Waals surface area contributed by atoms with Gasteiger partial charge in [0.1, 0.15) is 12.2 Å². The van der Waals surface area contributed by atoms with Gasteiger partial charge in [-0.25, -0.2) is 9.59 Å². The van der Waals surface area contributed by atoms with Gasteiger partial charge in [0, 0.05) is 35.7 Å². The number of aliphatic hydroxyl groups is 3. The standard InChI is InChI=1S/C23H26O11/c1-8-10-5-12-22-7-32-23(20(30)31-4,17(22)15(19(29)34-12)33-9(2)24)18(28)14(27)16(22)21(10,3)6-11(25)13(8)26/h6,12,14-18,25,27-28H,5,7H2,1-4H3/t12-,14-,15-,16+,17-,18+,21+,22-,23+/m1/s1. The van der Waals surface area contributed by atoms with Crippen molar-refractivity contribution in [1.29, 1.82) is 0 Å². The van der Waals surface area contributed by atoms with Crippen LogP contribution in [0.25, 0.3) is 0 Å². The summed E-state index contributed by atoms with van der Waals surface area (Å²) in [5.74, 6) is -6.09. The molecule has 2 bridgehead atoms. The second-order valence-corrected chi connectivity index (χ2v) is 9.98. The van der Waals surface area contributed by atoms with Crippen LogP contribution < -0.4 is 0 Å². The minimum absolute atomic E-state index is 0.0623. The van der Waals surface area contributed by atoms with Crippen molar-refractivity contribution < 1.29 is 53.4 Å². The molecule has 9 atom stereocenters. The smallest absolute Gasteiger partial charge is 0.348 e. The highest BCUT2D eigenvalue weighted by Crippen LogP contribution is 2.71. The third kappa shape index (κ3) is 2.37. The highest BCUT2D eigenvalue weighted by atomic mass is 16.6. The molecular formula is C23H26O11. The average Bonchev–Trinajstić information content (AvgIpc) is 3.08. The van der Waals surface area contributed by atoms with Gasteiger partial charge in [-0.15, -0.1) is 0 Å². The van der Waals surface area contributed by atoms with Crippen LogP contribution in [0.1, 0.15) is 27.2 Å².